The Morgan fingerprint density at radius 1 is 0.571 bits per heavy atom. The summed E-state index contributed by atoms with van der Waals surface area (Å²) < 4.78 is 34.2. The number of nitrogens with zero attached hydrogens (tertiary/aromatic N) is 1. The highest BCUT2D eigenvalue weighted by Gasteiger charge is 2.27. The van der Waals surface area contributed by atoms with Crippen molar-refractivity contribution >= 4 is 19.8 Å². The maximum atomic E-state index is 12.7. The molecule has 0 heterocycles. The van der Waals surface area contributed by atoms with Crippen LogP contribution in [-0.4, -0.2) is 74.9 Å². The summed E-state index contributed by atoms with van der Waals surface area (Å²) in [7, 11) is 1.42. The van der Waals surface area contributed by atoms with Crippen LogP contribution in [-0.2, 0) is 32.7 Å². The van der Waals surface area contributed by atoms with Gasteiger partial charge in [0, 0.05) is 12.8 Å². The Hall–Kier alpha value is -2.55. The highest BCUT2D eigenvalue weighted by Crippen LogP contribution is 2.43. The van der Waals surface area contributed by atoms with Crippen LogP contribution in [0.5, 0.6) is 0 Å². The number of ether oxygens (including phenoxy) is 2. The minimum Gasteiger partial charge on any atom is -0.462 e. The minimum atomic E-state index is -4.39. The molecule has 0 saturated heterocycles. The average Bonchev–Trinajstić information content (AvgIpc) is 3.15. The molecule has 0 amide bonds. The zero-order valence-electron chi connectivity index (χ0n) is 36.1. The van der Waals surface area contributed by atoms with Gasteiger partial charge in [-0.15, -0.1) is 0 Å². The van der Waals surface area contributed by atoms with Crippen molar-refractivity contribution in [1.82, 2.24) is 0 Å². The molecule has 0 rings (SSSR count). The predicted molar refractivity (Wildman–Crippen MR) is 233 cm³/mol. The first-order valence-corrected chi connectivity index (χ1v) is 23.2. The first kappa shape index (κ1) is 53.5. The standard InChI is InChI=1S/C46H80NO8P/c1-6-8-10-12-14-16-18-20-22-23-25-26-28-30-32-34-36-38-45(48)52-42-44(43-54-56(50,51)53-41-40-47(3,4)5)55-46(49)39-37-35-33-31-29-27-24-21-19-17-15-13-11-9-7-2/h14,16-17,19-22,24-26,30,32,44H,6-13,15,18,23,27-29,31,33-43H2,1-5H3/p+1/b16-14+,19-17+,22-20+,24-21+,26-25+,32-30+/t44-/m1/s1. The van der Waals surface area contributed by atoms with Crippen molar-refractivity contribution in [1.29, 1.82) is 0 Å². The number of carbonyl (C=O) groups excluding carboxylic acids is 2. The number of carbonyl (C=O) groups is 2. The molecule has 0 aromatic rings. The van der Waals surface area contributed by atoms with E-state index >= 15 is 0 Å². The van der Waals surface area contributed by atoms with Gasteiger partial charge in [0.25, 0.3) is 0 Å². The smallest absolute Gasteiger partial charge is 0.462 e. The van der Waals surface area contributed by atoms with Crippen molar-refractivity contribution in [3.8, 4) is 0 Å². The van der Waals surface area contributed by atoms with Crippen LogP contribution < -0.4 is 0 Å². The number of phosphoric ester groups is 1. The Labute approximate surface area is 342 Å². The fraction of sp³-hybridized carbons (Fsp3) is 0.696. The van der Waals surface area contributed by atoms with E-state index in [4.69, 9.17) is 18.5 Å². The lowest BCUT2D eigenvalue weighted by molar-refractivity contribution is -0.870. The maximum absolute atomic E-state index is 12.7. The van der Waals surface area contributed by atoms with Gasteiger partial charge in [-0.2, -0.15) is 0 Å². The molecule has 0 aliphatic rings. The molecule has 0 bridgehead atoms. The molecule has 0 aliphatic carbocycles. The summed E-state index contributed by atoms with van der Waals surface area (Å²) in [6, 6.07) is 0. The molecule has 9 nitrogen and oxygen atoms in total. The number of likely N-dealkylation sites (N-methyl/N-ethyl adjacent to an activating group) is 1. The molecule has 0 spiro atoms. The van der Waals surface area contributed by atoms with Crippen molar-refractivity contribution in [3.05, 3.63) is 72.9 Å². The second kappa shape index (κ2) is 38.0. The van der Waals surface area contributed by atoms with Crippen LogP contribution in [0, 0.1) is 0 Å². The van der Waals surface area contributed by atoms with Crippen molar-refractivity contribution in [2.45, 2.75) is 161 Å². The van der Waals surface area contributed by atoms with E-state index in [2.05, 4.69) is 86.8 Å². The summed E-state index contributed by atoms with van der Waals surface area (Å²) in [5.74, 6) is -0.889. The largest absolute Gasteiger partial charge is 0.472 e. The number of rotatable bonds is 38. The lowest BCUT2D eigenvalue weighted by Gasteiger charge is -2.24. The van der Waals surface area contributed by atoms with E-state index in [-0.39, 0.29) is 26.1 Å². The topological polar surface area (TPSA) is 108 Å². The second-order valence-electron chi connectivity index (χ2n) is 15.4. The Morgan fingerprint density at radius 2 is 1.04 bits per heavy atom. The highest BCUT2D eigenvalue weighted by molar-refractivity contribution is 7.47. The molecule has 1 N–H and O–H groups in total. The van der Waals surface area contributed by atoms with Crippen molar-refractivity contribution in [2.24, 2.45) is 0 Å². The first-order valence-electron chi connectivity index (χ1n) is 21.7. The molecule has 0 aliphatic heterocycles. The van der Waals surface area contributed by atoms with Crippen molar-refractivity contribution in [2.75, 3.05) is 47.5 Å². The molecule has 0 saturated carbocycles. The van der Waals surface area contributed by atoms with E-state index in [0.29, 0.717) is 23.9 Å². The van der Waals surface area contributed by atoms with E-state index in [9.17, 15) is 19.0 Å². The van der Waals surface area contributed by atoms with Crippen LogP contribution in [0.1, 0.15) is 155 Å². The summed E-state index contributed by atoms with van der Waals surface area (Å²) in [6.07, 6.45) is 46.7. The van der Waals surface area contributed by atoms with E-state index in [1.165, 1.54) is 51.4 Å². The van der Waals surface area contributed by atoms with Gasteiger partial charge in [-0.3, -0.25) is 18.6 Å². The number of esters is 2. The monoisotopic (exact) mass is 807 g/mol. The fourth-order valence-electron chi connectivity index (χ4n) is 5.29. The third-order valence-electron chi connectivity index (χ3n) is 8.74. The molecule has 0 radical (unpaired) electrons. The second-order valence-corrected chi connectivity index (χ2v) is 16.9. The molecule has 10 heteroatoms. The molecular weight excluding hydrogens is 725 g/mol. The predicted octanol–water partition coefficient (Wildman–Crippen LogP) is 12.2. The number of phosphoric acid groups is 1. The quantitative estimate of drug-likeness (QED) is 0.0164. The molecule has 0 aromatic heterocycles. The maximum Gasteiger partial charge on any atom is 0.472 e. The molecule has 56 heavy (non-hydrogen) atoms. The number of hydrogen-bond acceptors (Lipinski definition) is 7. The van der Waals surface area contributed by atoms with E-state index < -0.39 is 32.5 Å². The molecule has 0 fully saturated rings. The highest BCUT2D eigenvalue weighted by atomic mass is 31.2. The lowest BCUT2D eigenvalue weighted by Crippen LogP contribution is -2.37. The van der Waals surface area contributed by atoms with Crippen LogP contribution in [0.4, 0.5) is 0 Å². The van der Waals surface area contributed by atoms with Gasteiger partial charge in [0.05, 0.1) is 27.7 Å². The van der Waals surface area contributed by atoms with Crippen LogP contribution >= 0.6 is 7.82 Å². The zero-order chi connectivity index (χ0) is 41.4. The SMILES string of the molecule is CCCCC/C=C/C/C=C/C/C=C/C/C=C/CCCC(=O)OC[C@H](COP(=O)(O)OCC[N+](C)(C)C)OC(=O)CCCCCCC/C=C/C=C/CCCCCC. The third kappa shape index (κ3) is 41.1. The number of hydrogen-bond donors (Lipinski definition) is 1. The van der Waals surface area contributed by atoms with Gasteiger partial charge in [0.15, 0.2) is 6.10 Å². The Bertz CT molecular complexity index is 1180. The van der Waals surface area contributed by atoms with Gasteiger partial charge in [-0.05, 0) is 77.0 Å². The summed E-state index contributed by atoms with van der Waals surface area (Å²) in [6.45, 7) is 4.27. The van der Waals surface area contributed by atoms with Crippen molar-refractivity contribution in [3.63, 3.8) is 0 Å². The molecule has 1 unspecified atom stereocenters. The normalized spacial score (nSPS) is 14.3. The fourth-order valence-corrected chi connectivity index (χ4v) is 6.03. The first-order chi connectivity index (χ1) is 27.0. The average molecular weight is 807 g/mol. The van der Waals surface area contributed by atoms with Gasteiger partial charge >= 0.3 is 19.8 Å². The number of unbranched alkanes of at least 4 members (excludes halogenated alkanes) is 13. The minimum absolute atomic E-state index is 0.0166. The summed E-state index contributed by atoms with van der Waals surface area (Å²) >= 11 is 0. The Balaban J connectivity index is 4.51. The lowest BCUT2D eigenvalue weighted by atomic mass is 10.1. The molecular formula is C46H81NO8P+. The number of quaternary nitrogens is 1. The summed E-state index contributed by atoms with van der Waals surface area (Å²) in [4.78, 5) is 35.3. The van der Waals surface area contributed by atoms with Gasteiger partial charge < -0.3 is 18.9 Å². The van der Waals surface area contributed by atoms with Crippen LogP contribution in [0.2, 0.25) is 0 Å². The molecule has 2 atom stereocenters. The molecule has 0 aromatic carbocycles. The van der Waals surface area contributed by atoms with Crippen LogP contribution in [0.3, 0.4) is 0 Å². The van der Waals surface area contributed by atoms with Crippen molar-refractivity contribution < 1.29 is 42.1 Å². The molecule has 322 valence electrons. The zero-order valence-corrected chi connectivity index (χ0v) is 37.0. The van der Waals surface area contributed by atoms with Gasteiger partial charge in [-0.1, -0.05) is 138 Å². The van der Waals surface area contributed by atoms with E-state index in [0.717, 1.165) is 64.2 Å². The Morgan fingerprint density at radius 3 is 1.62 bits per heavy atom. The number of allylic oxidation sites excluding steroid dienone is 12. The van der Waals surface area contributed by atoms with Gasteiger partial charge in [0.2, 0.25) is 0 Å². The van der Waals surface area contributed by atoms with E-state index in [1.807, 2.05) is 21.1 Å². The van der Waals surface area contributed by atoms with Gasteiger partial charge in [-0.25, -0.2) is 4.57 Å². The van der Waals surface area contributed by atoms with E-state index in [1.54, 1.807) is 0 Å². The summed E-state index contributed by atoms with van der Waals surface area (Å²) in [5.41, 5.74) is 0. The van der Waals surface area contributed by atoms with Crippen LogP contribution in [0.25, 0.3) is 0 Å². The summed E-state index contributed by atoms with van der Waals surface area (Å²) in [5, 5.41) is 0. The van der Waals surface area contributed by atoms with Gasteiger partial charge in [0.1, 0.15) is 19.8 Å². The third-order valence-corrected chi connectivity index (χ3v) is 9.72. The Kier molecular flexibility index (Phi) is 36.3. The van der Waals surface area contributed by atoms with Crippen LogP contribution in [0.15, 0.2) is 72.9 Å².